The number of piperidine rings is 1. The first-order chi connectivity index (χ1) is 11.7. The number of benzene rings is 2. The number of hydrogen-bond acceptors (Lipinski definition) is 3. The third-order valence-corrected chi connectivity index (χ3v) is 6.31. The van der Waals surface area contributed by atoms with Crippen LogP contribution in [0.4, 0.5) is 0 Å². The average Bonchev–Trinajstić information content (AvgIpc) is 3.08. The van der Waals surface area contributed by atoms with E-state index < -0.39 is 5.60 Å². The first kappa shape index (κ1) is 15.8. The highest BCUT2D eigenvalue weighted by Gasteiger charge is 2.41. The molecule has 0 spiro atoms. The van der Waals surface area contributed by atoms with Gasteiger partial charge in [-0.25, -0.2) is 0 Å². The zero-order valence-electron chi connectivity index (χ0n) is 14.0. The van der Waals surface area contributed by atoms with Gasteiger partial charge in [0.15, 0.2) is 0 Å². The second-order valence-corrected chi connectivity index (χ2v) is 7.86. The van der Waals surface area contributed by atoms with Gasteiger partial charge in [0.2, 0.25) is 0 Å². The molecular weight excluding hydrogens is 314 g/mol. The molecule has 0 aliphatic carbocycles. The van der Waals surface area contributed by atoms with Gasteiger partial charge in [-0.1, -0.05) is 55.5 Å². The lowest BCUT2D eigenvalue weighted by molar-refractivity contribution is -0.0716. The lowest BCUT2D eigenvalue weighted by Gasteiger charge is -2.44. The molecule has 2 aromatic carbocycles. The Kier molecular flexibility index (Phi) is 4.17. The lowest BCUT2D eigenvalue weighted by atomic mass is 9.76. The van der Waals surface area contributed by atoms with E-state index in [1.807, 2.05) is 0 Å². The molecule has 3 heteroatoms. The molecular formula is C21H23NOS. The van der Waals surface area contributed by atoms with Crippen molar-refractivity contribution < 1.29 is 5.11 Å². The quantitative estimate of drug-likeness (QED) is 0.753. The molecule has 2 atom stereocenters. The van der Waals surface area contributed by atoms with Crippen molar-refractivity contribution >= 4 is 21.4 Å². The van der Waals surface area contributed by atoms with Crippen LogP contribution in [0.25, 0.3) is 10.1 Å². The summed E-state index contributed by atoms with van der Waals surface area (Å²) in [5.74, 6) is 0.211. The maximum atomic E-state index is 11.5. The van der Waals surface area contributed by atoms with Crippen LogP contribution in [0.3, 0.4) is 0 Å². The van der Waals surface area contributed by atoms with E-state index in [1.165, 1.54) is 15.6 Å². The fourth-order valence-corrected chi connectivity index (χ4v) is 4.92. The fourth-order valence-electron chi connectivity index (χ4n) is 3.92. The van der Waals surface area contributed by atoms with Crippen molar-refractivity contribution in [3.63, 3.8) is 0 Å². The molecule has 1 saturated heterocycles. The summed E-state index contributed by atoms with van der Waals surface area (Å²) < 4.78 is 1.24. The van der Waals surface area contributed by atoms with Crippen molar-refractivity contribution in [1.82, 2.24) is 4.90 Å². The summed E-state index contributed by atoms with van der Waals surface area (Å²) in [6.45, 7) is 5.00. The summed E-state index contributed by atoms with van der Waals surface area (Å²) >= 11 is 1.74. The van der Waals surface area contributed by atoms with Crippen LogP contribution < -0.4 is 0 Å². The summed E-state index contributed by atoms with van der Waals surface area (Å²) in [7, 11) is 0. The summed E-state index contributed by atoms with van der Waals surface area (Å²) in [5, 5.41) is 14.8. The monoisotopic (exact) mass is 337 g/mol. The van der Waals surface area contributed by atoms with Crippen LogP contribution in [0.1, 0.15) is 24.5 Å². The third-order valence-electron chi connectivity index (χ3n) is 5.35. The van der Waals surface area contributed by atoms with Gasteiger partial charge in [0, 0.05) is 35.8 Å². The number of thiophene rings is 1. The number of rotatable bonds is 3. The summed E-state index contributed by atoms with van der Waals surface area (Å²) in [4.78, 5) is 2.46. The van der Waals surface area contributed by atoms with Gasteiger partial charge in [-0.2, -0.15) is 0 Å². The van der Waals surface area contributed by atoms with E-state index >= 15 is 0 Å². The molecule has 2 nitrogen and oxygen atoms in total. The Morgan fingerprint density at radius 2 is 1.96 bits per heavy atom. The maximum absolute atomic E-state index is 11.5. The van der Waals surface area contributed by atoms with E-state index in [2.05, 4.69) is 71.8 Å². The topological polar surface area (TPSA) is 23.5 Å². The Morgan fingerprint density at radius 3 is 2.75 bits per heavy atom. The van der Waals surface area contributed by atoms with E-state index in [0.717, 1.165) is 31.6 Å². The molecule has 4 rings (SSSR count). The van der Waals surface area contributed by atoms with Gasteiger partial charge in [0.05, 0.1) is 5.60 Å². The molecule has 0 radical (unpaired) electrons. The van der Waals surface area contributed by atoms with Gasteiger partial charge < -0.3 is 5.11 Å². The molecule has 124 valence electrons. The average molecular weight is 337 g/mol. The highest BCUT2D eigenvalue weighted by Crippen LogP contribution is 2.42. The molecule has 0 amide bonds. The van der Waals surface area contributed by atoms with Gasteiger partial charge in [0.1, 0.15) is 0 Å². The van der Waals surface area contributed by atoms with Crippen LogP contribution in [-0.4, -0.2) is 23.1 Å². The smallest absolute Gasteiger partial charge is 0.0960 e. The number of aliphatic hydroxyl groups is 1. The lowest BCUT2D eigenvalue weighted by Crippen LogP contribution is -2.48. The van der Waals surface area contributed by atoms with Gasteiger partial charge in [-0.15, -0.1) is 11.3 Å². The predicted molar refractivity (Wildman–Crippen MR) is 101 cm³/mol. The summed E-state index contributed by atoms with van der Waals surface area (Å²) in [5.41, 5.74) is 1.73. The van der Waals surface area contributed by atoms with E-state index in [1.54, 1.807) is 11.3 Å². The minimum absolute atomic E-state index is 0.211. The Labute approximate surface area is 147 Å². The Hall–Kier alpha value is -1.68. The van der Waals surface area contributed by atoms with Gasteiger partial charge >= 0.3 is 0 Å². The molecule has 1 aliphatic rings. The van der Waals surface area contributed by atoms with E-state index in [4.69, 9.17) is 0 Å². The Morgan fingerprint density at radius 1 is 1.12 bits per heavy atom. The second kappa shape index (κ2) is 6.32. The highest BCUT2D eigenvalue weighted by molar-refractivity contribution is 7.17. The number of likely N-dealkylation sites (tertiary alicyclic amines) is 1. The molecule has 24 heavy (non-hydrogen) atoms. The predicted octanol–water partition coefficient (Wildman–Crippen LogP) is 4.63. The summed E-state index contributed by atoms with van der Waals surface area (Å²) in [6, 6.07) is 19.1. The molecule has 3 aromatic rings. The zero-order chi connectivity index (χ0) is 16.6. The van der Waals surface area contributed by atoms with Crippen molar-refractivity contribution in [2.45, 2.75) is 25.5 Å². The summed E-state index contributed by atoms with van der Waals surface area (Å²) in [6.07, 6.45) is 0.790. The molecule has 0 bridgehead atoms. The van der Waals surface area contributed by atoms with Crippen molar-refractivity contribution in [2.24, 2.45) is 5.92 Å². The van der Waals surface area contributed by atoms with Crippen LogP contribution in [0, 0.1) is 5.92 Å². The van der Waals surface area contributed by atoms with Crippen molar-refractivity contribution in [3.05, 3.63) is 71.1 Å². The van der Waals surface area contributed by atoms with Gasteiger partial charge in [-0.05, 0) is 28.8 Å². The molecule has 0 saturated carbocycles. The molecule has 2 heterocycles. The highest BCUT2D eigenvalue weighted by atomic mass is 32.1. The Balaban J connectivity index is 1.57. The van der Waals surface area contributed by atoms with E-state index in [9.17, 15) is 5.11 Å². The first-order valence-corrected chi connectivity index (χ1v) is 9.50. The minimum atomic E-state index is -0.725. The van der Waals surface area contributed by atoms with Crippen LogP contribution in [-0.2, 0) is 12.1 Å². The van der Waals surface area contributed by atoms with E-state index in [-0.39, 0.29) is 5.92 Å². The SMILES string of the molecule is CC1CN(Cc2ccccc2)CCC1(O)c1cccc2ccsc12. The third kappa shape index (κ3) is 2.77. The second-order valence-electron chi connectivity index (χ2n) is 6.94. The van der Waals surface area contributed by atoms with Gasteiger partial charge in [0.25, 0.3) is 0 Å². The van der Waals surface area contributed by atoms with Crippen LogP contribution in [0.2, 0.25) is 0 Å². The number of nitrogens with zero attached hydrogens (tertiary/aromatic N) is 1. The number of hydrogen-bond donors (Lipinski definition) is 1. The van der Waals surface area contributed by atoms with Gasteiger partial charge in [-0.3, -0.25) is 4.90 Å². The first-order valence-electron chi connectivity index (χ1n) is 8.62. The van der Waals surface area contributed by atoms with Crippen LogP contribution >= 0.6 is 11.3 Å². The molecule has 1 aliphatic heterocycles. The normalized spacial score (nSPS) is 25.2. The van der Waals surface area contributed by atoms with Crippen molar-refractivity contribution in [2.75, 3.05) is 13.1 Å². The largest absolute Gasteiger partial charge is 0.385 e. The minimum Gasteiger partial charge on any atom is -0.385 e. The van der Waals surface area contributed by atoms with E-state index in [0.29, 0.717) is 0 Å². The Bertz CT molecular complexity index is 828. The van der Waals surface area contributed by atoms with Crippen molar-refractivity contribution in [3.8, 4) is 0 Å². The van der Waals surface area contributed by atoms with Crippen molar-refractivity contribution in [1.29, 1.82) is 0 Å². The molecule has 1 aromatic heterocycles. The fraction of sp³-hybridized carbons (Fsp3) is 0.333. The molecule has 1 N–H and O–H groups in total. The number of fused-ring (bicyclic) bond motifs is 1. The van der Waals surface area contributed by atoms with Crippen LogP contribution in [0.15, 0.2) is 60.0 Å². The molecule has 1 fully saturated rings. The zero-order valence-corrected chi connectivity index (χ0v) is 14.8. The van der Waals surface area contributed by atoms with Crippen LogP contribution in [0.5, 0.6) is 0 Å². The standard InChI is InChI=1S/C21H23NOS/c1-16-14-22(15-17-6-3-2-4-7-17)12-11-21(16,23)19-9-5-8-18-10-13-24-20(18)19/h2-10,13,16,23H,11-12,14-15H2,1H3. The maximum Gasteiger partial charge on any atom is 0.0960 e. The molecule has 2 unspecified atom stereocenters.